The Balaban J connectivity index is 2.67. The Kier molecular flexibility index (Phi) is 3.91. The summed E-state index contributed by atoms with van der Waals surface area (Å²) in [6, 6.07) is -0.839. The van der Waals surface area contributed by atoms with Crippen molar-refractivity contribution in [3.8, 4) is 0 Å². The topological polar surface area (TPSA) is 92.4 Å². The molecule has 0 aromatic heterocycles. The summed E-state index contributed by atoms with van der Waals surface area (Å²) >= 11 is 0. The maximum absolute atomic E-state index is 11.6. The highest BCUT2D eigenvalue weighted by atomic mass is 16.4. The van der Waals surface area contributed by atoms with Crippen LogP contribution in [0.2, 0.25) is 0 Å². The fourth-order valence-corrected chi connectivity index (χ4v) is 2.12. The number of carbonyl (C=O) groups is 2. The molecule has 5 heteroatoms. The van der Waals surface area contributed by atoms with Gasteiger partial charge in [-0.15, -0.1) is 0 Å². The van der Waals surface area contributed by atoms with Crippen LogP contribution in [-0.4, -0.2) is 29.1 Å². The molecule has 0 heterocycles. The van der Waals surface area contributed by atoms with Crippen molar-refractivity contribution in [3.05, 3.63) is 0 Å². The van der Waals surface area contributed by atoms with Crippen LogP contribution < -0.4 is 11.1 Å². The van der Waals surface area contributed by atoms with Gasteiger partial charge < -0.3 is 16.2 Å². The Morgan fingerprint density at radius 3 is 2.75 bits per heavy atom. The maximum Gasteiger partial charge on any atom is 0.311 e. The Morgan fingerprint density at radius 1 is 1.62 bits per heavy atom. The van der Waals surface area contributed by atoms with Crippen LogP contribution >= 0.6 is 0 Å². The van der Waals surface area contributed by atoms with E-state index in [-0.39, 0.29) is 11.9 Å². The molecule has 5 nitrogen and oxygen atoms in total. The molecule has 1 aliphatic rings. The van der Waals surface area contributed by atoms with E-state index in [2.05, 4.69) is 5.32 Å². The van der Waals surface area contributed by atoms with Gasteiger partial charge in [0, 0.05) is 6.04 Å². The third kappa shape index (κ3) is 2.35. The Hall–Kier alpha value is -1.10. The molecule has 0 bridgehead atoms. The highest BCUT2D eigenvalue weighted by molar-refractivity contribution is 5.83. The first kappa shape index (κ1) is 13.0. The summed E-state index contributed by atoms with van der Waals surface area (Å²) in [6.45, 7) is 3.51. The van der Waals surface area contributed by atoms with E-state index in [1.54, 1.807) is 6.92 Å². The van der Waals surface area contributed by atoms with Crippen LogP contribution in [0, 0.1) is 5.41 Å². The van der Waals surface area contributed by atoms with Crippen molar-refractivity contribution in [2.45, 2.75) is 51.6 Å². The third-order valence-electron chi connectivity index (χ3n) is 3.54. The highest BCUT2D eigenvalue weighted by Crippen LogP contribution is 2.38. The third-order valence-corrected chi connectivity index (χ3v) is 3.54. The number of carboxylic acid groups (broad SMARTS) is 1. The molecule has 1 saturated carbocycles. The molecule has 1 rings (SSSR count). The molecule has 0 radical (unpaired) electrons. The molecule has 1 aliphatic carbocycles. The summed E-state index contributed by atoms with van der Waals surface area (Å²) in [5, 5.41) is 11.9. The molecular formula is C11H20N2O3. The first-order chi connectivity index (χ1) is 7.41. The summed E-state index contributed by atoms with van der Waals surface area (Å²) in [5.74, 6) is -1.10. The number of hydrogen-bond acceptors (Lipinski definition) is 3. The molecule has 2 unspecified atom stereocenters. The summed E-state index contributed by atoms with van der Waals surface area (Å²) in [4.78, 5) is 22.8. The molecule has 1 fully saturated rings. The summed E-state index contributed by atoms with van der Waals surface area (Å²) in [6.07, 6.45) is 2.71. The minimum absolute atomic E-state index is 0.248. The summed E-state index contributed by atoms with van der Waals surface area (Å²) in [5.41, 5.74) is 4.76. The second-order valence-corrected chi connectivity index (χ2v) is 4.69. The van der Waals surface area contributed by atoms with Crippen LogP contribution in [0.4, 0.5) is 0 Å². The Bertz CT molecular complexity index is 293. The zero-order valence-electron chi connectivity index (χ0n) is 9.82. The van der Waals surface area contributed by atoms with Crippen molar-refractivity contribution >= 4 is 11.9 Å². The van der Waals surface area contributed by atoms with Crippen molar-refractivity contribution < 1.29 is 14.7 Å². The van der Waals surface area contributed by atoms with Gasteiger partial charge in [-0.2, -0.15) is 0 Å². The van der Waals surface area contributed by atoms with E-state index < -0.39 is 17.4 Å². The minimum Gasteiger partial charge on any atom is -0.481 e. The number of nitrogens with two attached hydrogens (primary N) is 1. The summed E-state index contributed by atoms with van der Waals surface area (Å²) in [7, 11) is 0. The normalized spacial score (nSPS) is 31.1. The summed E-state index contributed by atoms with van der Waals surface area (Å²) < 4.78 is 0. The van der Waals surface area contributed by atoms with Crippen molar-refractivity contribution in [2.75, 3.05) is 0 Å². The molecule has 0 spiro atoms. The number of hydrogen-bond donors (Lipinski definition) is 3. The molecule has 16 heavy (non-hydrogen) atoms. The second kappa shape index (κ2) is 4.82. The lowest BCUT2D eigenvalue weighted by atomic mass is 9.85. The SMILES string of the molecule is CC[C@@H](N)C(=O)NC1CCCC1(C)C(=O)O. The first-order valence-corrected chi connectivity index (χ1v) is 5.71. The van der Waals surface area contributed by atoms with Crippen molar-refractivity contribution in [1.29, 1.82) is 0 Å². The lowest BCUT2D eigenvalue weighted by molar-refractivity contribution is -0.149. The van der Waals surface area contributed by atoms with Gasteiger partial charge in [0.2, 0.25) is 5.91 Å². The van der Waals surface area contributed by atoms with Crippen LogP contribution in [0.15, 0.2) is 0 Å². The van der Waals surface area contributed by atoms with Gasteiger partial charge >= 0.3 is 5.97 Å². The highest BCUT2D eigenvalue weighted by Gasteiger charge is 2.46. The first-order valence-electron chi connectivity index (χ1n) is 5.71. The van der Waals surface area contributed by atoms with E-state index in [1.807, 2.05) is 6.92 Å². The van der Waals surface area contributed by atoms with E-state index >= 15 is 0 Å². The molecule has 3 atom stereocenters. The van der Waals surface area contributed by atoms with E-state index in [4.69, 9.17) is 10.8 Å². The lowest BCUT2D eigenvalue weighted by Crippen LogP contribution is -2.51. The van der Waals surface area contributed by atoms with Crippen LogP contribution in [-0.2, 0) is 9.59 Å². The van der Waals surface area contributed by atoms with E-state index in [9.17, 15) is 9.59 Å². The molecule has 0 saturated heterocycles. The minimum atomic E-state index is -0.847. The lowest BCUT2D eigenvalue weighted by Gasteiger charge is -2.28. The molecule has 0 aromatic rings. The van der Waals surface area contributed by atoms with Gasteiger partial charge in [-0.3, -0.25) is 9.59 Å². The van der Waals surface area contributed by atoms with Crippen LogP contribution in [0.1, 0.15) is 39.5 Å². The van der Waals surface area contributed by atoms with Gasteiger partial charge in [0.25, 0.3) is 0 Å². The fraction of sp³-hybridized carbons (Fsp3) is 0.818. The number of aliphatic carboxylic acids is 1. The van der Waals surface area contributed by atoms with Gasteiger partial charge in [-0.1, -0.05) is 13.3 Å². The average molecular weight is 228 g/mol. The zero-order valence-corrected chi connectivity index (χ0v) is 9.82. The van der Waals surface area contributed by atoms with E-state index in [1.165, 1.54) is 0 Å². The zero-order chi connectivity index (χ0) is 12.3. The van der Waals surface area contributed by atoms with Crippen LogP contribution in [0.25, 0.3) is 0 Å². The van der Waals surface area contributed by atoms with E-state index in [0.717, 1.165) is 6.42 Å². The van der Waals surface area contributed by atoms with Crippen LogP contribution in [0.5, 0.6) is 0 Å². The van der Waals surface area contributed by atoms with Crippen molar-refractivity contribution in [1.82, 2.24) is 5.32 Å². The number of nitrogens with one attached hydrogen (secondary N) is 1. The molecule has 92 valence electrons. The predicted molar refractivity (Wildman–Crippen MR) is 59.8 cm³/mol. The predicted octanol–water partition coefficient (Wildman–Crippen LogP) is 0.483. The van der Waals surface area contributed by atoms with Gasteiger partial charge in [0.1, 0.15) is 0 Å². The van der Waals surface area contributed by atoms with Gasteiger partial charge in [-0.25, -0.2) is 0 Å². The quantitative estimate of drug-likeness (QED) is 0.652. The Labute approximate surface area is 95.4 Å². The standard InChI is InChI=1S/C11H20N2O3/c1-3-7(12)9(14)13-8-5-4-6-11(8,2)10(15)16/h7-8H,3-6,12H2,1-2H3,(H,13,14)(H,15,16)/t7-,8?,11?/m1/s1. The van der Waals surface area contributed by atoms with E-state index in [0.29, 0.717) is 19.3 Å². The Morgan fingerprint density at radius 2 is 2.25 bits per heavy atom. The second-order valence-electron chi connectivity index (χ2n) is 4.69. The average Bonchev–Trinajstić information content (AvgIpc) is 2.60. The number of amides is 1. The van der Waals surface area contributed by atoms with Gasteiger partial charge in [-0.05, 0) is 26.2 Å². The smallest absolute Gasteiger partial charge is 0.311 e. The monoisotopic (exact) mass is 228 g/mol. The molecular weight excluding hydrogens is 208 g/mol. The fourth-order valence-electron chi connectivity index (χ4n) is 2.12. The van der Waals surface area contributed by atoms with Crippen molar-refractivity contribution in [3.63, 3.8) is 0 Å². The number of carboxylic acids is 1. The molecule has 4 N–H and O–H groups in total. The van der Waals surface area contributed by atoms with Crippen LogP contribution in [0.3, 0.4) is 0 Å². The van der Waals surface area contributed by atoms with Gasteiger partial charge in [0.05, 0.1) is 11.5 Å². The molecule has 0 aliphatic heterocycles. The van der Waals surface area contributed by atoms with Gasteiger partial charge in [0.15, 0.2) is 0 Å². The number of carbonyl (C=O) groups excluding carboxylic acids is 1. The maximum atomic E-state index is 11.6. The molecule has 0 aromatic carbocycles. The largest absolute Gasteiger partial charge is 0.481 e. The molecule has 1 amide bonds. The van der Waals surface area contributed by atoms with Crippen molar-refractivity contribution in [2.24, 2.45) is 11.1 Å². The number of rotatable bonds is 4.